The fraction of sp³-hybridized carbons (Fsp3) is 0.103. The Morgan fingerprint density at radius 1 is 0.865 bits per heavy atom. The Morgan fingerprint density at radius 2 is 1.59 bits per heavy atom. The first-order valence-electron chi connectivity index (χ1n) is 11.5. The molecule has 1 aromatic heterocycles. The predicted octanol–water partition coefficient (Wildman–Crippen LogP) is 7.05. The first-order valence-corrected chi connectivity index (χ1v) is 11.5. The second-order valence-electron chi connectivity index (χ2n) is 8.51. The van der Waals surface area contributed by atoms with Crippen LogP contribution in [0.25, 0.3) is 22.2 Å². The molecule has 0 aliphatic rings. The van der Waals surface area contributed by atoms with Gasteiger partial charge in [0, 0.05) is 10.9 Å². The van der Waals surface area contributed by atoms with Crippen LogP contribution >= 0.6 is 0 Å². The fourth-order valence-corrected chi connectivity index (χ4v) is 4.20. The highest BCUT2D eigenvalue weighted by atomic mass is 19.4. The molecule has 5 nitrogen and oxygen atoms in total. The molecule has 4 aromatic carbocycles. The van der Waals surface area contributed by atoms with E-state index in [1.54, 1.807) is 41.1 Å². The Balaban J connectivity index is 1.53. The van der Waals surface area contributed by atoms with E-state index in [1.807, 2.05) is 36.4 Å². The summed E-state index contributed by atoms with van der Waals surface area (Å²) in [5, 5.41) is 13.9. The molecule has 0 saturated carbocycles. The molecule has 0 amide bonds. The highest BCUT2D eigenvalue weighted by Gasteiger charge is 2.34. The summed E-state index contributed by atoms with van der Waals surface area (Å²) in [5.41, 5.74) is 2.20. The minimum absolute atomic E-state index is 0.106. The first-order chi connectivity index (χ1) is 17.8. The quantitative estimate of drug-likeness (QED) is 0.259. The zero-order valence-corrected chi connectivity index (χ0v) is 19.4. The average Bonchev–Trinajstić information content (AvgIpc) is 3.25. The van der Waals surface area contributed by atoms with E-state index in [4.69, 9.17) is 9.84 Å². The normalized spacial score (nSPS) is 11.5. The molecule has 0 radical (unpaired) electrons. The molecule has 1 heterocycles. The van der Waals surface area contributed by atoms with Crippen LogP contribution in [-0.4, -0.2) is 20.9 Å². The van der Waals surface area contributed by atoms with Gasteiger partial charge in [0.25, 0.3) is 0 Å². The number of carbonyl (C=O) groups is 1. The number of aromatic carboxylic acids is 1. The van der Waals surface area contributed by atoms with E-state index in [1.165, 1.54) is 18.2 Å². The van der Waals surface area contributed by atoms with Crippen LogP contribution in [0.5, 0.6) is 5.75 Å². The van der Waals surface area contributed by atoms with Crippen molar-refractivity contribution in [2.75, 3.05) is 0 Å². The molecule has 0 spiro atoms. The smallest absolute Gasteiger partial charge is 0.418 e. The molecule has 0 aliphatic heterocycles. The van der Waals surface area contributed by atoms with E-state index in [-0.39, 0.29) is 17.7 Å². The van der Waals surface area contributed by atoms with Gasteiger partial charge < -0.3 is 9.84 Å². The standard InChI is InChI=1S/C29H21F3N2O3/c30-29(31,32)25-11-5-10-24-26(25)33-34(17-19-6-2-1-3-7-19)27(24)22-8-4-9-23(16-22)37-18-20-12-14-21(15-13-20)28(35)36/h1-16H,17-18H2,(H,35,36). The summed E-state index contributed by atoms with van der Waals surface area (Å²) in [7, 11) is 0. The van der Waals surface area contributed by atoms with E-state index >= 15 is 0 Å². The summed E-state index contributed by atoms with van der Waals surface area (Å²) >= 11 is 0. The Kier molecular flexibility index (Phi) is 6.40. The van der Waals surface area contributed by atoms with Crippen LogP contribution in [0.1, 0.15) is 27.0 Å². The average molecular weight is 502 g/mol. The number of nitrogens with zero attached hydrogens (tertiary/aromatic N) is 2. The van der Waals surface area contributed by atoms with Gasteiger partial charge in [0.1, 0.15) is 17.9 Å². The maximum atomic E-state index is 13.8. The maximum absolute atomic E-state index is 13.8. The number of carboxylic acid groups (broad SMARTS) is 1. The summed E-state index contributed by atoms with van der Waals surface area (Å²) in [6.07, 6.45) is -4.54. The number of aromatic nitrogens is 2. The molecular weight excluding hydrogens is 481 g/mol. The highest BCUT2D eigenvalue weighted by molar-refractivity contribution is 5.95. The van der Waals surface area contributed by atoms with Crippen molar-refractivity contribution in [1.29, 1.82) is 0 Å². The van der Waals surface area contributed by atoms with E-state index in [0.717, 1.165) is 17.2 Å². The molecule has 0 aliphatic carbocycles. The Labute approximate surface area is 210 Å². The largest absolute Gasteiger partial charge is 0.489 e. The first kappa shape index (κ1) is 24.1. The lowest BCUT2D eigenvalue weighted by molar-refractivity contribution is -0.136. The third-order valence-electron chi connectivity index (χ3n) is 5.96. The van der Waals surface area contributed by atoms with Crippen LogP contribution in [0.4, 0.5) is 13.2 Å². The Morgan fingerprint density at radius 3 is 2.30 bits per heavy atom. The zero-order valence-electron chi connectivity index (χ0n) is 19.4. The van der Waals surface area contributed by atoms with Gasteiger partial charge in [-0.3, -0.25) is 4.68 Å². The minimum Gasteiger partial charge on any atom is -0.489 e. The van der Waals surface area contributed by atoms with Gasteiger partial charge in [-0.25, -0.2) is 4.79 Å². The maximum Gasteiger partial charge on any atom is 0.418 e. The van der Waals surface area contributed by atoms with Crippen LogP contribution in [0.15, 0.2) is 97.1 Å². The molecule has 8 heteroatoms. The van der Waals surface area contributed by atoms with Gasteiger partial charge in [0.2, 0.25) is 0 Å². The van der Waals surface area contributed by atoms with E-state index in [2.05, 4.69) is 5.10 Å². The van der Waals surface area contributed by atoms with Crippen LogP contribution < -0.4 is 4.74 Å². The number of hydrogen-bond acceptors (Lipinski definition) is 3. The second kappa shape index (κ2) is 9.81. The number of rotatable bonds is 7. The Hall–Kier alpha value is -4.59. The highest BCUT2D eigenvalue weighted by Crippen LogP contribution is 2.38. The number of benzene rings is 4. The summed E-state index contributed by atoms with van der Waals surface area (Å²) in [5.74, 6) is -0.486. The summed E-state index contributed by atoms with van der Waals surface area (Å²) in [4.78, 5) is 11.1. The van der Waals surface area contributed by atoms with Crippen molar-refractivity contribution >= 4 is 16.9 Å². The van der Waals surface area contributed by atoms with Crippen molar-refractivity contribution < 1.29 is 27.8 Å². The van der Waals surface area contributed by atoms with Crippen LogP contribution in [0.3, 0.4) is 0 Å². The molecule has 186 valence electrons. The third-order valence-corrected chi connectivity index (χ3v) is 5.96. The topological polar surface area (TPSA) is 64.3 Å². The summed E-state index contributed by atoms with van der Waals surface area (Å²) in [6.45, 7) is 0.495. The van der Waals surface area contributed by atoms with Crippen molar-refractivity contribution in [3.63, 3.8) is 0 Å². The second-order valence-corrected chi connectivity index (χ2v) is 8.51. The number of hydrogen-bond donors (Lipinski definition) is 1. The van der Waals surface area contributed by atoms with Crippen molar-refractivity contribution in [3.8, 4) is 17.0 Å². The van der Waals surface area contributed by atoms with Crippen molar-refractivity contribution in [1.82, 2.24) is 9.78 Å². The number of ether oxygens (including phenoxy) is 1. The van der Waals surface area contributed by atoms with Gasteiger partial charge >= 0.3 is 12.1 Å². The van der Waals surface area contributed by atoms with Crippen molar-refractivity contribution in [3.05, 3.63) is 119 Å². The van der Waals surface area contributed by atoms with E-state index < -0.39 is 17.7 Å². The van der Waals surface area contributed by atoms with Gasteiger partial charge in [-0.05, 0) is 41.5 Å². The number of carboxylic acids is 1. The van der Waals surface area contributed by atoms with Gasteiger partial charge in [0.05, 0.1) is 23.4 Å². The van der Waals surface area contributed by atoms with E-state index in [0.29, 0.717) is 28.9 Å². The van der Waals surface area contributed by atoms with E-state index in [9.17, 15) is 18.0 Å². The lowest BCUT2D eigenvalue weighted by Crippen LogP contribution is -2.06. The molecule has 1 N–H and O–H groups in total. The zero-order chi connectivity index (χ0) is 26.0. The van der Waals surface area contributed by atoms with Gasteiger partial charge in [-0.2, -0.15) is 18.3 Å². The molecule has 0 saturated heterocycles. The SMILES string of the molecule is O=C(O)c1ccc(COc2cccc(-c3c4cccc(C(F)(F)F)c4nn3Cc3ccccc3)c2)cc1. The van der Waals surface area contributed by atoms with Gasteiger partial charge in [-0.15, -0.1) is 0 Å². The number of halogens is 3. The number of alkyl halides is 3. The lowest BCUT2D eigenvalue weighted by atomic mass is 10.0. The Bertz CT molecular complexity index is 1560. The van der Waals surface area contributed by atoms with Crippen molar-refractivity contribution in [2.45, 2.75) is 19.3 Å². The summed E-state index contributed by atoms with van der Waals surface area (Å²) < 4.78 is 48.9. The minimum atomic E-state index is -4.54. The fourth-order valence-electron chi connectivity index (χ4n) is 4.20. The number of fused-ring (bicyclic) bond motifs is 1. The molecule has 5 aromatic rings. The lowest BCUT2D eigenvalue weighted by Gasteiger charge is -2.11. The summed E-state index contributed by atoms with van der Waals surface area (Å²) in [6, 6.07) is 27.0. The van der Waals surface area contributed by atoms with Gasteiger partial charge in [-0.1, -0.05) is 66.7 Å². The van der Waals surface area contributed by atoms with Crippen molar-refractivity contribution in [2.24, 2.45) is 0 Å². The molecule has 0 bridgehead atoms. The predicted molar refractivity (Wildman–Crippen MR) is 133 cm³/mol. The molecule has 5 rings (SSSR count). The molecule has 0 atom stereocenters. The monoisotopic (exact) mass is 502 g/mol. The van der Waals surface area contributed by atoms with Crippen LogP contribution in [0, 0.1) is 0 Å². The molecule has 0 fully saturated rings. The molecular formula is C29H21F3N2O3. The molecule has 37 heavy (non-hydrogen) atoms. The third kappa shape index (κ3) is 5.18. The molecule has 0 unspecified atom stereocenters. The van der Waals surface area contributed by atoms with Gasteiger partial charge in [0.15, 0.2) is 0 Å². The van der Waals surface area contributed by atoms with Crippen LogP contribution in [-0.2, 0) is 19.3 Å². The van der Waals surface area contributed by atoms with Crippen LogP contribution in [0.2, 0.25) is 0 Å².